The Bertz CT molecular complexity index is 154. The Morgan fingerprint density at radius 1 is 1.36 bits per heavy atom. The molecule has 3 nitrogen and oxygen atoms in total. The van der Waals surface area contributed by atoms with Crippen molar-refractivity contribution < 1.29 is 0 Å². The van der Waals surface area contributed by atoms with Gasteiger partial charge >= 0.3 is 0 Å². The average Bonchev–Trinajstić information content (AvgIpc) is 2.06. The van der Waals surface area contributed by atoms with E-state index in [0.717, 1.165) is 19.0 Å². The minimum Gasteiger partial charge on any atom is -0.324 e. The van der Waals surface area contributed by atoms with Gasteiger partial charge in [-0.2, -0.15) is 0 Å². The Morgan fingerprint density at radius 2 is 1.93 bits per heavy atom. The molecule has 84 valence electrons. The summed E-state index contributed by atoms with van der Waals surface area (Å²) in [4.78, 5) is 2.41. The molecule has 0 radical (unpaired) electrons. The van der Waals surface area contributed by atoms with Crippen molar-refractivity contribution >= 4 is 0 Å². The zero-order valence-electron chi connectivity index (χ0n) is 9.84. The molecule has 1 saturated heterocycles. The maximum atomic E-state index is 5.90. The predicted molar refractivity (Wildman–Crippen MR) is 61.4 cm³/mol. The SMILES string of the molecule is CN1CCC(CNCC(C)(C)N)CC1. The summed E-state index contributed by atoms with van der Waals surface area (Å²) in [6.45, 7) is 8.67. The molecule has 1 fully saturated rings. The summed E-state index contributed by atoms with van der Waals surface area (Å²) in [7, 11) is 2.20. The Morgan fingerprint density at radius 3 is 2.43 bits per heavy atom. The van der Waals surface area contributed by atoms with Gasteiger partial charge in [0.25, 0.3) is 0 Å². The second-order valence-electron chi connectivity index (χ2n) is 5.37. The maximum absolute atomic E-state index is 5.90. The van der Waals surface area contributed by atoms with Gasteiger partial charge in [0.05, 0.1) is 0 Å². The molecule has 0 spiro atoms. The number of likely N-dealkylation sites (tertiary alicyclic amines) is 1. The van der Waals surface area contributed by atoms with Crippen LogP contribution >= 0.6 is 0 Å². The van der Waals surface area contributed by atoms with Crippen molar-refractivity contribution in [1.29, 1.82) is 0 Å². The summed E-state index contributed by atoms with van der Waals surface area (Å²) >= 11 is 0. The highest BCUT2D eigenvalue weighted by atomic mass is 15.1. The van der Waals surface area contributed by atoms with Gasteiger partial charge in [-0.15, -0.1) is 0 Å². The standard InChI is InChI=1S/C11H25N3/c1-11(2,12)9-13-8-10-4-6-14(3)7-5-10/h10,13H,4-9,12H2,1-3H3. The monoisotopic (exact) mass is 199 g/mol. The Labute approximate surface area is 88.0 Å². The minimum absolute atomic E-state index is 0.0779. The van der Waals surface area contributed by atoms with E-state index in [1.165, 1.54) is 25.9 Å². The third-order valence-electron chi connectivity index (χ3n) is 2.85. The molecule has 0 saturated carbocycles. The van der Waals surface area contributed by atoms with E-state index in [9.17, 15) is 0 Å². The van der Waals surface area contributed by atoms with Gasteiger partial charge in [-0.05, 0) is 59.3 Å². The highest BCUT2D eigenvalue weighted by Crippen LogP contribution is 2.14. The highest BCUT2D eigenvalue weighted by molar-refractivity contribution is 4.77. The fourth-order valence-corrected chi connectivity index (χ4v) is 1.86. The third kappa shape index (κ3) is 4.94. The van der Waals surface area contributed by atoms with Crippen LogP contribution in [-0.4, -0.2) is 43.7 Å². The van der Waals surface area contributed by atoms with E-state index >= 15 is 0 Å². The van der Waals surface area contributed by atoms with Crippen LogP contribution in [0.4, 0.5) is 0 Å². The van der Waals surface area contributed by atoms with Gasteiger partial charge in [0.15, 0.2) is 0 Å². The first-order valence-electron chi connectivity index (χ1n) is 5.65. The molecule has 0 atom stereocenters. The molecule has 0 aliphatic carbocycles. The van der Waals surface area contributed by atoms with Crippen LogP contribution < -0.4 is 11.1 Å². The van der Waals surface area contributed by atoms with E-state index in [0.29, 0.717) is 0 Å². The molecule has 1 heterocycles. The van der Waals surface area contributed by atoms with Gasteiger partial charge < -0.3 is 16.0 Å². The fraction of sp³-hybridized carbons (Fsp3) is 1.00. The van der Waals surface area contributed by atoms with Crippen molar-refractivity contribution in [3.63, 3.8) is 0 Å². The second kappa shape index (κ2) is 5.10. The fourth-order valence-electron chi connectivity index (χ4n) is 1.86. The Balaban J connectivity index is 2.08. The van der Waals surface area contributed by atoms with Crippen LogP contribution in [-0.2, 0) is 0 Å². The summed E-state index contributed by atoms with van der Waals surface area (Å²) in [5.41, 5.74) is 5.82. The molecule has 0 aromatic rings. The average molecular weight is 199 g/mol. The molecule has 3 heteroatoms. The molecular weight excluding hydrogens is 174 g/mol. The number of nitrogens with two attached hydrogens (primary N) is 1. The summed E-state index contributed by atoms with van der Waals surface area (Å²) < 4.78 is 0. The van der Waals surface area contributed by atoms with E-state index in [2.05, 4.69) is 31.1 Å². The topological polar surface area (TPSA) is 41.3 Å². The van der Waals surface area contributed by atoms with Gasteiger partial charge in [0.1, 0.15) is 0 Å². The number of piperidine rings is 1. The second-order valence-corrected chi connectivity index (χ2v) is 5.37. The first-order valence-corrected chi connectivity index (χ1v) is 5.65. The molecule has 0 aromatic heterocycles. The lowest BCUT2D eigenvalue weighted by Gasteiger charge is -2.30. The van der Waals surface area contributed by atoms with E-state index < -0.39 is 0 Å². The van der Waals surface area contributed by atoms with Crippen LogP contribution in [0.3, 0.4) is 0 Å². The largest absolute Gasteiger partial charge is 0.324 e. The van der Waals surface area contributed by atoms with Crippen molar-refractivity contribution in [2.45, 2.75) is 32.2 Å². The third-order valence-corrected chi connectivity index (χ3v) is 2.85. The van der Waals surface area contributed by atoms with Crippen LogP contribution in [0.2, 0.25) is 0 Å². The van der Waals surface area contributed by atoms with Crippen LogP contribution in [0, 0.1) is 5.92 Å². The van der Waals surface area contributed by atoms with Crippen molar-refractivity contribution in [2.75, 3.05) is 33.2 Å². The zero-order chi connectivity index (χ0) is 10.6. The lowest BCUT2D eigenvalue weighted by molar-refractivity contribution is 0.214. The first kappa shape index (κ1) is 12.0. The molecule has 0 aromatic carbocycles. The summed E-state index contributed by atoms with van der Waals surface area (Å²) in [5.74, 6) is 0.855. The smallest absolute Gasteiger partial charge is 0.0223 e. The summed E-state index contributed by atoms with van der Waals surface area (Å²) in [5, 5.41) is 3.47. The van der Waals surface area contributed by atoms with E-state index in [4.69, 9.17) is 5.73 Å². The van der Waals surface area contributed by atoms with Crippen molar-refractivity contribution in [3.8, 4) is 0 Å². The van der Waals surface area contributed by atoms with Crippen LogP contribution in [0.25, 0.3) is 0 Å². The van der Waals surface area contributed by atoms with Gasteiger partial charge in [-0.25, -0.2) is 0 Å². The zero-order valence-corrected chi connectivity index (χ0v) is 9.84. The summed E-state index contributed by atoms with van der Waals surface area (Å²) in [6.07, 6.45) is 2.66. The van der Waals surface area contributed by atoms with Crippen LogP contribution in [0.15, 0.2) is 0 Å². The molecule has 0 unspecified atom stereocenters. The molecular formula is C11H25N3. The number of hydrogen-bond donors (Lipinski definition) is 2. The van der Waals surface area contributed by atoms with E-state index in [1.807, 2.05) is 0 Å². The van der Waals surface area contributed by atoms with Gasteiger partial charge in [-0.1, -0.05) is 0 Å². The maximum Gasteiger partial charge on any atom is 0.0223 e. The summed E-state index contributed by atoms with van der Waals surface area (Å²) in [6, 6.07) is 0. The molecule has 3 N–H and O–H groups in total. The molecule has 1 aliphatic heterocycles. The lowest BCUT2D eigenvalue weighted by Crippen LogP contribution is -2.45. The van der Waals surface area contributed by atoms with Crippen molar-refractivity contribution in [3.05, 3.63) is 0 Å². The highest BCUT2D eigenvalue weighted by Gasteiger charge is 2.17. The minimum atomic E-state index is -0.0779. The van der Waals surface area contributed by atoms with Gasteiger partial charge in [0, 0.05) is 12.1 Å². The molecule has 0 amide bonds. The lowest BCUT2D eigenvalue weighted by atomic mass is 9.97. The Kier molecular flexibility index (Phi) is 4.35. The number of rotatable bonds is 4. The van der Waals surface area contributed by atoms with E-state index in [-0.39, 0.29) is 5.54 Å². The molecule has 0 bridgehead atoms. The normalized spacial score (nSPS) is 21.4. The predicted octanol–water partition coefficient (Wildman–Crippen LogP) is 0.655. The number of hydrogen-bond acceptors (Lipinski definition) is 3. The quantitative estimate of drug-likeness (QED) is 0.699. The van der Waals surface area contributed by atoms with Crippen LogP contribution in [0.5, 0.6) is 0 Å². The number of nitrogens with zero attached hydrogens (tertiary/aromatic N) is 1. The van der Waals surface area contributed by atoms with Crippen molar-refractivity contribution in [2.24, 2.45) is 11.7 Å². The van der Waals surface area contributed by atoms with Crippen LogP contribution in [0.1, 0.15) is 26.7 Å². The van der Waals surface area contributed by atoms with E-state index in [1.54, 1.807) is 0 Å². The molecule has 14 heavy (non-hydrogen) atoms. The van der Waals surface area contributed by atoms with Gasteiger partial charge in [-0.3, -0.25) is 0 Å². The molecule has 1 rings (SSSR count). The van der Waals surface area contributed by atoms with Gasteiger partial charge in [0.2, 0.25) is 0 Å². The molecule has 1 aliphatic rings. The first-order chi connectivity index (χ1) is 6.47. The Hall–Kier alpha value is -0.120. The number of nitrogens with one attached hydrogen (secondary N) is 1. The van der Waals surface area contributed by atoms with Crippen molar-refractivity contribution in [1.82, 2.24) is 10.2 Å².